The number of pyridine rings is 1. The van der Waals surface area contributed by atoms with Crippen LogP contribution in [-0.4, -0.2) is 14.5 Å². The third kappa shape index (κ3) is 1.94. The zero-order valence-electron chi connectivity index (χ0n) is 9.63. The van der Waals surface area contributed by atoms with Crippen LogP contribution in [0.25, 0.3) is 16.7 Å². The smallest absolute Gasteiger partial charge is 0.306 e. The lowest BCUT2D eigenvalue weighted by Gasteiger charge is -2.05. The number of nitrogens with one attached hydrogen (secondary N) is 1. The van der Waals surface area contributed by atoms with Crippen molar-refractivity contribution in [2.24, 2.45) is 0 Å². The van der Waals surface area contributed by atoms with Gasteiger partial charge in [-0.25, -0.2) is 14.3 Å². The molecule has 0 saturated heterocycles. The van der Waals surface area contributed by atoms with Crippen molar-refractivity contribution < 1.29 is 0 Å². The molecule has 19 heavy (non-hydrogen) atoms. The van der Waals surface area contributed by atoms with Gasteiger partial charge in [-0.05, 0) is 18.2 Å². The molecule has 0 spiro atoms. The fourth-order valence-corrected chi connectivity index (χ4v) is 2.04. The highest BCUT2D eigenvalue weighted by molar-refractivity contribution is 6.30. The Labute approximate surface area is 112 Å². The summed E-state index contributed by atoms with van der Waals surface area (Å²) in [6.45, 7) is 0. The molecule has 0 aliphatic heterocycles. The minimum atomic E-state index is -0.543. The van der Waals surface area contributed by atoms with E-state index < -0.39 is 11.2 Å². The average Bonchev–Trinajstić information content (AvgIpc) is 2.39. The number of H-pyrrole nitrogens is 1. The van der Waals surface area contributed by atoms with E-state index in [4.69, 9.17) is 11.6 Å². The van der Waals surface area contributed by atoms with Crippen molar-refractivity contribution in [3.05, 3.63) is 68.5 Å². The van der Waals surface area contributed by atoms with Crippen LogP contribution in [0.4, 0.5) is 0 Å². The van der Waals surface area contributed by atoms with E-state index in [9.17, 15) is 9.59 Å². The number of halogens is 1. The fraction of sp³-hybridized carbons (Fsp3) is 0. The first-order chi connectivity index (χ1) is 9.16. The van der Waals surface area contributed by atoms with Crippen LogP contribution in [-0.2, 0) is 0 Å². The first kappa shape index (κ1) is 11.7. The number of para-hydroxylation sites is 1. The Morgan fingerprint density at radius 2 is 1.95 bits per heavy atom. The summed E-state index contributed by atoms with van der Waals surface area (Å²) in [5.74, 6) is 0.199. The van der Waals surface area contributed by atoms with E-state index >= 15 is 0 Å². The molecule has 2 heterocycles. The quantitative estimate of drug-likeness (QED) is 0.734. The van der Waals surface area contributed by atoms with Crippen LogP contribution in [0.1, 0.15) is 0 Å². The first-order valence-corrected chi connectivity index (χ1v) is 5.90. The van der Waals surface area contributed by atoms with E-state index in [1.165, 1.54) is 12.3 Å². The average molecular weight is 274 g/mol. The number of nitrogens with zero attached hydrogens (tertiary/aromatic N) is 2. The summed E-state index contributed by atoms with van der Waals surface area (Å²) in [5, 5.41) is 0.827. The Morgan fingerprint density at radius 1 is 1.16 bits per heavy atom. The highest BCUT2D eigenvalue weighted by Crippen LogP contribution is 2.10. The molecule has 5 nitrogen and oxygen atoms in total. The fourth-order valence-electron chi connectivity index (χ4n) is 1.89. The number of hydrogen-bond acceptors (Lipinski definition) is 3. The molecule has 0 atom stereocenters. The van der Waals surface area contributed by atoms with Crippen molar-refractivity contribution >= 4 is 22.5 Å². The Hall–Kier alpha value is -2.40. The van der Waals surface area contributed by atoms with Crippen LogP contribution in [0, 0.1) is 0 Å². The summed E-state index contributed by atoms with van der Waals surface area (Å²) in [5.41, 5.74) is -0.469. The second-order valence-corrected chi connectivity index (χ2v) is 4.38. The summed E-state index contributed by atoms with van der Waals surface area (Å²) in [7, 11) is 0. The third-order valence-electron chi connectivity index (χ3n) is 2.74. The standard InChI is InChI=1S/C13H8ClN3O2/c14-8-5-6-15-11(7-8)17-12(18)9-3-1-2-4-10(9)16-13(17)19/h1-7H,(H,16,19). The first-order valence-electron chi connectivity index (χ1n) is 5.53. The van der Waals surface area contributed by atoms with Gasteiger partial charge in [0.15, 0.2) is 0 Å². The van der Waals surface area contributed by atoms with E-state index in [0.717, 1.165) is 4.57 Å². The maximum Gasteiger partial charge on any atom is 0.334 e. The van der Waals surface area contributed by atoms with Crippen molar-refractivity contribution in [1.29, 1.82) is 0 Å². The largest absolute Gasteiger partial charge is 0.334 e. The summed E-state index contributed by atoms with van der Waals surface area (Å²) >= 11 is 5.85. The molecular formula is C13H8ClN3O2. The zero-order chi connectivity index (χ0) is 13.4. The van der Waals surface area contributed by atoms with Crippen LogP contribution in [0.3, 0.4) is 0 Å². The topological polar surface area (TPSA) is 67.8 Å². The van der Waals surface area contributed by atoms with Gasteiger partial charge in [0.05, 0.1) is 10.9 Å². The van der Waals surface area contributed by atoms with Crippen molar-refractivity contribution in [3.8, 4) is 5.82 Å². The highest BCUT2D eigenvalue weighted by atomic mass is 35.5. The minimum Gasteiger partial charge on any atom is -0.306 e. The lowest BCUT2D eigenvalue weighted by molar-refractivity contribution is 0.868. The maximum atomic E-state index is 12.3. The second kappa shape index (κ2) is 4.37. The molecule has 0 saturated carbocycles. The molecule has 1 N–H and O–H groups in total. The summed E-state index contributed by atoms with van der Waals surface area (Å²) < 4.78 is 0.966. The molecule has 94 valence electrons. The van der Waals surface area contributed by atoms with Gasteiger partial charge in [-0.3, -0.25) is 4.79 Å². The minimum absolute atomic E-state index is 0.199. The predicted octanol–water partition coefficient (Wildman–Crippen LogP) is 1.73. The molecule has 0 fully saturated rings. The van der Waals surface area contributed by atoms with Gasteiger partial charge in [-0.2, -0.15) is 0 Å². The van der Waals surface area contributed by atoms with Crippen LogP contribution in [0.15, 0.2) is 52.2 Å². The van der Waals surface area contributed by atoms with E-state index in [-0.39, 0.29) is 5.82 Å². The van der Waals surface area contributed by atoms with E-state index in [0.29, 0.717) is 15.9 Å². The number of rotatable bonds is 1. The van der Waals surface area contributed by atoms with Gasteiger partial charge in [0, 0.05) is 17.3 Å². The molecule has 0 aliphatic carbocycles. The van der Waals surface area contributed by atoms with E-state index in [1.54, 1.807) is 30.3 Å². The Morgan fingerprint density at radius 3 is 2.74 bits per heavy atom. The van der Waals surface area contributed by atoms with Gasteiger partial charge in [0.25, 0.3) is 5.56 Å². The number of benzene rings is 1. The lowest BCUT2D eigenvalue weighted by Crippen LogP contribution is -2.34. The number of hydrogen-bond donors (Lipinski definition) is 1. The van der Waals surface area contributed by atoms with E-state index in [1.807, 2.05) is 0 Å². The molecule has 0 amide bonds. The number of aromatic amines is 1. The molecule has 3 aromatic rings. The van der Waals surface area contributed by atoms with Crippen molar-refractivity contribution in [2.45, 2.75) is 0 Å². The number of aromatic nitrogens is 3. The predicted molar refractivity (Wildman–Crippen MR) is 73.0 cm³/mol. The van der Waals surface area contributed by atoms with Crippen LogP contribution in [0.2, 0.25) is 5.02 Å². The molecule has 0 radical (unpaired) electrons. The summed E-state index contributed by atoms with van der Waals surface area (Å²) in [6.07, 6.45) is 1.44. The zero-order valence-corrected chi connectivity index (χ0v) is 10.4. The van der Waals surface area contributed by atoms with E-state index in [2.05, 4.69) is 9.97 Å². The summed E-state index contributed by atoms with van der Waals surface area (Å²) in [4.78, 5) is 30.9. The molecular weight excluding hydrogens is 266 g/mol. The summed E-state index contributed by atoms with van der Waals surface area (Å²) in [6, 6.07) is 9.85. The Bertz CT molecular complexity index is 883. The molecule has 1 aromatic carbocycles. The normalized spacial score (nSPS) is 10.8. The molecule has 0 bridgehead atoms. The Balaban J connectivity index is 2.42. The van der Waals surface area contributed by atoms with Crippen LogP contribution >= 0.6 is 11.6 Å². The molecule has 0 aliphatic rings. The van der Waals surface area contributed by atoms with Crippen molar-refractivity contribution in [3.63, 3.8) is 0 Å². The molecule has 0 unspecified atom stereocenters. The van der Waals surface area contributed by atoms with Crippen LogP contribution in [0.5, 0.6) is 0 Å². The third-order valence-corrected chi connectivity index (χ3v) is 2.98. The maximum absolute atomic E-state index is 12.3. The van der Waals surface area contributed by atoms with Crippen molar-refractivity contribution in [2.75, 3.05) is 0 Å². The van der Waals surface area contributed by atoms with Gasteiger partial charge in [-0.1, -0.05) is 23.7 Å². The number of fused-ring (bicyclic) bond motifs is 1. The molecule has 2 aromatic heterocycles. The Kier molecular flexibility index (Phi) is 2.68. The van der Waals surface area contributed by atoms with Gasteiger partial charge in [-0.15, -0.1) is 0 Å². The monoisotopic (exact) mass is 273 g/mol. The van der Waals surface area contributed by atoms with Gasteiger partial charge >= 0.3 is 5.69 Å². The lowest BCUT2D eigenvalue weighted by atomic mass is 10.2. The molecule has 3 rings (SSSR count). The van der Waals surface area contributed by atoms with Gasteiger partial charge in [0.1, 0.15) is 5.82 Å². The second-order valence-electron chi connectivity index (χ2n) is 3.95. The molecule has 6 heteroatoms. The van der Waals surface area contributed by atoms with Gasteiger partial charge in [0.2, 0.25) is 0 Å². The SMILES string of the molecule is O=c1[nH]c2ccccc2c(=O)n1-c1cc(Cl)ccn1. The van der Waals surface area contributed by atoms with Crippen LogP contribution < -0.4 is 11.2 Å². The van der Waals surface area contributed by atoms with Crippen molar-refractivity contribution in [1.82, 2.24) is 14.5 Å². The highest BCUT2D eigenvalue weighted by Gasteiger charge is 2.10. The van der Waals surface area contributed by atoms with Gasteiger partial charge < -0.3 is 4.98 Å².